The topological polar surface area (TPSA) is 692 Å². The van der Waals surface area contributed by atoms with E-state index in [1.165, 1.54) is 127 Å². The van der Waals surface area contributed by atoms with Crippen molar-refractivity contribution in [2.45, 2.75) is 34.3 Å². The van der Waals surface area contributed by atoms with Crippen LogP contribution in [0.2, 0.25) is 0 Å². The Bertz CT molecular complexity index is 6860. The maximum Gasteiger partial charge on any atom is 1.00 e. The molecule has 0 bridgehead atoms. The van der Waals surface area contributed by atoms with Crippen molar-refractivity contribution in [3.05, 3.63) is 188 Å². The van der Waals surface area contributed by atoms with Crippen LogP contribution >= 0.6 is 0 Å². The van der Waals surface area contributed by atoms with Crippen LogP contribution in [-0.4, -0.2) is 152 Å². The summed E-state index contributed by atoms with van der Waals surface area (Å²) in [5.74, 6) is -2.51. The summed E-state index contributed by atoms with van der Waals surface area (Å²) in [4.78, 5) is 31.4. The van der Waals surface area contributed by atoms with Crippen molar-refractivity contribution in [2.24, 2.45) is 0 Å². The van der Waals surface area contributed by atoms with E-state index in [2.05, 4.69) is 73.9 Å². The molecule has 0 saturated heterocycles. The first-order valence-electron chi connectivity index (χ1n) is 28.5. The van der Waals surface area contributed by atoms with Crippen molar-refractivity contribution >= 4 is 211 Å². The second-order valence-corrected chi connectivity index (χ2v) is 31.6. The molecule has 10 aromatic carbocycles. The van der Waals surface area contributed by atoms with Gasteiger partial charge >= 0.3 is 317 Å². The molecule has 0 saturated carbocycles. The van der Waals surface area contributed by atoms with Gasteiger partial charge in [0, 0.05) is 28.4 Å². The molecule has 0 amide bonds. The normalized spacial score (nSPS) is 10.9. The minimum absolute atomic E-state index is 0. The maximum absolute atomic E-state index is 11.9. The van der Waals surface area contributed by atoms with Crippen LogP contribution < -0.4 is 333 Å². The van der Waals surface area contributed by atoms with Crippen molar-refractivity contribution in [3.63, 3.8) is 0 Å². The number of carbonyl (C=O) groups excluding carboxylic acids is 1. The number of carboxylic acid groups (broad SMARTS) is 1. The number of para-hydroxylation sites is 1. The van der Waals surface area contributed by atoms with E-state index in [4.69, 9.17) is 25.3 Å². The number of hydrogen-bond acceptors (Lipinski definition) is 41. The molecule has 568 valence electrons. The summed E-state index contributed by atoms with van der Waals surface area (Å²) >= 11 is 0. The number of carboxylic acids is 1. The fourth-order valence-electron chi connectivity index (χ4n) is 9.76. The monoisotopic (exact) mass is 1890 g/mol. The zero-order valence-electron chi connectivity index (χ0n) is 62.9. The van der Waals surface area contributed by atoms with Gasteiger partial charge < -0.3 is 73.7 Å². The van der Waals surface area contributed by atoms with Crippen molar-refractivity contribution < 1.29 is 422 Å². The minimum atomic E-state index is -5.23. The van der Waals surface area contributed by atoms with E-state index in [1.807, 2.05) is 0 Å². The SMILES string of the molecule is O=C([O-])c1ccc(Nc2nc(Nc3ccc4c(S(=O)(=O)[O-])c[c-]cc4c3)nc(Nc3ccc4c(S(=O)(=O)[O-])cc(S(=O)(=O)[O-])cc4c3)n2)cc1.O=S(=O)([O-])c1cc(S(=O)(=O)[O-])c2ccc(Nc3nc(Nc4ccc5c(S(=O)(=O)[O-])c[c-]cc5c4)nc(Nc4ccccc4S(=O)(=O)[O-])n3)cc2c1.O=S(=O)=O.O=S(=O)=O.[Na+].[Na+].[Na+].[Na+].[Na+].[Na+].[Na+].[Na+].[Na+].[Na+]. The fraction of sp³-hybridized carbons (Fsp3) is 0. The first-order valence-corrected chi connectivity index (χ1v) is 40.3. The van der Waals surface area contributed by atoms with Gasteiger partial charge in [0.25, 0.3) is 0 Å². The number of benzene rings is 10. The Balaban J connectivity index is 0. The molecule has 0 unspecified atom stereocenters. The van der Waals surface area contributed by atoms with Crippen LogP contribution in [0.5, 0.6) is 0 Å². The molecule has 0 radical (unpaired) electrons. The molecule has 119 heavy (non-hydrogen) atoms. The van der Waals surface area contributed by atoms with E-state index in [9.17, 15) is 101 Å². The van der Waals surface area contributed by atoms with Crippen LogP contribution in [0.1, 0.15) is 10.4 Å². The van der Waals surface area contributed by atoms with Crippen LogP contribution in [-0.2, 0) is 92.0 Å². The largest absolute Gasteiger partial charge is 1.00 e. The Morgan fingerprint density at radius 3 is 0.815 bits per heavy atom. The van der Waals surface area contributed by atoms with E-state index in [0.29, 0.717) is 34.3 Å². The molecule has 2 heterocycles. The third-order valence-electron chi connectivity index (χ3n) is 14.0. The number of carbonyl (C=O) groups is 1. The predicted octanol–water partition coefficient (Wildman–Crippen LogP) is -26.9. The van der Waals surface area contributed by atoms with E-state index in [-0.39, 0.29) is 392 Å². The molecule has 0 spiro atoms. The predicted molar refractivity (Wildman–Crippen MR) is 365 cm³/mol. The number of anilines is 12. The summed E-state index contributed by atoms with van der Waals surface area (Å²) in [5.41, 5.74) is 0.911. The van der Waals surface area contributed by atoms with Gasteiger partial charge in [0.15, 0.2) is 0 Å². The molecule has 0 aliphatic carbocycles. The second-order valence-electron chi connectivity index (χ2n) is 21.3. The summed E-state index contributed by atoms with van der Waals surface area (Å²) in [5, 5.41) is 28.4. The number of nitrogens with one attached hydrogen (secondary N) is 6. The van der Waals surface area contributed by atoms with Gasteiger partial charge in [-0.05, 0) is 122 Å². The summed E-state index contributed by atoms with van der Waals surface area (Å²) < 4.78 is 298. The van der Waals surface area contributed by atoms with Crippen LogP contribution in [0.15, 0.2) is 204 Å². The van der Waals surface area contributed by atoms with E-state index in [1.54, 1.807) is 0 Å². The number of rotatable bonds is 20. The Morgan fingerprint density at radius 1 is 0.286 bits per heavy atom. The second kappa shape index (κ2) is 50.2. The van der Waals surface area contributed by atoms with Crippen molar-refractivity contribution in [1.82, 2.24) is 29.9 Å². The first-order chi connectivity index (χ1) is 50.7. The maximum atomic E-state index is 11.9. The molecule has 12 aromatic rings. The average Bonchev–Trinajstić information content (AvgIpc) is 0.767. The molecular formula is C59H34N12Na10O29S9. The zero-order chi connectivity index (χ0) is 80.1. The van der Waals surface area contributed by atoms with Gasteiger partial charge in [0.05, 0.1) is 56.4 Å². The van der Waals surface area contributed by atoms with Crippen LogP contribution in [0, 0.1) is 12.1 Å². The number of fused-ring (bicyclic) bond motifs is 4. The Hall–Kier alpha value is -1.86. The molecule has 2 aromatic heterocycles. The van der Waals surface area contributed by atoms with Crippen LogP contribution in [0.3, 0.4) is 0 Å². The van der Waals surface area contributed by atoms with Gasteiger partial charge in [-0.3, -0.25) is 16.8 Å². The molecule has 6 N–H and O–H groups in total. The first kappa shape index (κ1) is 119. The Morgan fingerprint density at radius 2 is 0.538 bits per heavy atom. The zero-order valence-corrected chi connectivity index (χ0v) is 90.2. The third-order valence-corrected chi connectivity index (χ3v) is 20.1. The molecule has 0 fully saturated rings. The quantitative estimate of drug-likeness (QED) is 0.0234. The molecule has 41 nitrogen and oxygen atoms in total. The summed E-state index contributed by atoms with van der Waals surface area (Å²) in [6.07, 6.45) is 0. The fourth-order valence-corrected chi connectivity index (χ4v) is 14.4. The summed E-state index contributed by atoms with van der Waals surface area (Å²) in [7, 11) is -41.6. The van der Waals surface area contributed by atoms with Crippen molar-refractivity contribution in [1.29, 1.82) is 0 Å². The van der Waals surface area contributed by atoms with Gasteiger partial charge in [-0.2, -0.15) is 66.3 Å². The third kappa shape index (κ3) is 34.6. The van der Waals surface area contributed by atoms with Gasteiger partial charge in [-0.15, -0.1) is 46.8 Å². The van der Waals surface area contributed by atoms with Crippen LogP contribution in [0.4, 0.5) is 69.8 Å². The van der Waals surface area contributed by atoms with Gasteiger partial charge in [0.2, 0.25) is 35.7 Å². The Kier molecular flexibility index (Phi) is 50.3. The molecule has 0 aliphatic heterocycles. The van der Waals surface area contributed by atoms with Crippen LogP contribution in [0.25, 0.3) is 43.1 Å². The number of nitrogens with zero attached hydrogens (tertiary/aromatic N) is 6. The number of aromatic carboxylic acids is 1. The van der Waals surface area contributed by atoms with E-state index >= 15 is 0 Å². The Labute approximate surface area is 900 Å². The van der Waals surface area contributed by atoms with E-state index in [0.717, 1.165) is 30.3 Å². The standard InChI is InChI=1S/C30H21N6O11S3.C29H21N6O12S4.10Na.2O3S/c37-27(38)16-4-6-19(7-5-16)31-28-34-29(32-20-8-10-23-17(12-20)2-1-3-25(23)49(42,43)44)36-30(35-28)33-21-9-11-24-18(13-21)14-22(48(39,40)41)15-26(24)50(45,46)47;36-48(37,38)20-14-17-13-19(9-11-22(17)26(15-20)51(45,46)47)31-28-33-27(34-29(35-28)32-23-5-1-2-6-25(23)50(42,43)44)30-18-8-10-21-16(12-18)4-3-7-24(21)49(39,40)41;;;;;;;;;;;2*1-4(2)3/h2-15H,(H,37,38)(H,39,40,41)(H,42,43,44)(H,45,46,47)(H3,31,32,33,34,35,36);1-2,4-15H,(H,36,37,38)(H,39,40,41)(H,42,43,44)(H,45,46,47)(H3,30,31,32,33,34,35);;;;;;;;;;;;/q2*-1;10*+1;;/p-8. The van der Waals surface area contributed by atoms with Crippen molar-refractivity contribution in [2.75, 3.05) is 31.9 Å². The summed E-state index contributed by atoms with van der Waals surface area (Å²) in [6.45, 7) is 0. The van der Waals surface area contributed by atoms with E-state index < -0.39 is 132 Å². The van der Waals surface area contributed by atoms with Gasteiger partial charge in [0.1, 0.15) is 50.6 Å². The molecular weight excluding hydrogens is 1860 g/mol. The number of hydrogen-bond donors (Lipinski definition) is 6. The average molecular weight is 1890 g/mol. The number of aromatic nitrogens is 6. The molecule has 12 rings (SSSR count). The molecule has 60 heteroatoms. The minimum Gasteiger partial charge on any atom is -0.754 e. The smallest absolute Gasteiger partial charge is 0.754 e. The molecule has 0 atom stereocenters. The van der Waals surface area contributed by atoms with Gasteiger partial charge in [-0.1, -0.05) is 60.7 Å². The molecule has 0 aliphatic rings. The van der Waals surface area contributed by atoms with Crippen molar-refractivity contribution in [3.8, 4) is 0 Å². The van der Waals surface area contributed by atoms with Gasteiger partial charge in [-0.25, -0.2) is 42.1 Å². The summed E-state index contributed by atoms with van der Waals surface area (Å²) in [6, 6.07) is 39.4.